The minimum absolute atomic E-state index is 0.0163. The van der Waals surface area contributed by atoms with Gasteiger partial charge < -0.3 is 10.0 Å². The minimum Gasteiger partial charge on any atom is -0.481 e. The van der Waals surface area contributed by atoms with Crippen LogP contribution < -0.4 is 4.90 Å². The molecule has 0 amide bonds. The highest BCUT2D eigenvalue weighted by Gasteiger charge is 2.22. The molecule has 1 aliphatic heterocycles. The summed E-state index contributed by atoms with van der Waals surface area (Å²) in [5.41, 5.74) is 0. The molecule has 8 heteroatoms. The normalized spacial score (nSPS) is 16.4. The zero-order valence-electron chi connectivity index (χ0n) is 12.7. The van der Waals surface area contributed by atoms with Gasteiger partial charge in [0.25, 0.3) is 0 Å². The Balaban J connectivity index is 2.01. The van der Waals surface area contributed by atoms with Crippen LogP contribution in [0.25, 0.3) is 0 Å². The minimum atomic E-state index is -0.833. The maximum absolute atomic E-state index is 10.7. The lowest BCUT2D eigenvalue weighted by Gasteiger charge is -2.35. The zero-order chi connectivity index (χ0) is 15.2. The van der Waals surface area contributed by atoms with Crippen LogP contribution >= 0.6 is 11.8 Å². The molecule has 0 aliphatic carbocycles. The summed E-state index contributed by atoms with van der Waals surface area (Å²) in [4.78, 5) is 15.4. The summed E-state index contributed by atoms with van der Waals surface area (Å²) < 4.78 is 2.00. The Bertz CT molecular complexity index is 471. The fourth-order valence-electron chi connectivity index (χ4n) is 2.51. The molecule has 0 atom stereocenters. The predicted octanol–water partition coefficient (Wildman–Crippen LogP) is 1.01. The van der Waals surface area contributed by atoms with E-state index in [0.717, 1.165) is 45.2 Å². The Kier molecular flexibility index (Phi) is 5.86. The first-order valence-corrected chi connectivity index (χ1v) is 8.39. The number of carbonyl (C=O) groups is 1. The van der Waals surface area contributed by atoms with Gasteiger partial charge in [-0.15, -0.1) is 10.2 Å². The van der Waals surface area contributed by atoms with Crippen LogP contribution in [-0.4, -0.2) is 69.2 Å². The van der Waals surface area contributed by atoms with Crippen molar-refractivity contribution < 1.29 is 9.90 Å². The maximum atomic E-state index is 10.7. The number of rotatable bonds is 7. The van der Waals surface area contributed by atoms with Gasteiger partial charge in [0.05, 0.1) is 5.75 Å². The molecule has 2 rings (SSSR count). The van der Waals surface area contributed by atoms with Gasteiger partial charge in [0.15, 0.2) is 5.16 Å². The van der Waals surface area contributed by atoms with E-state index in [9.17, 15) is 4.79 Å². The highest BCUT2D eigenvalue weighted by Crippen LogP contribution is 2.22. The van der Waals surface area contributed by atoms with Crippen molar-refractivity contribution in [1.29, 1.82) is 0 Å². The van der Waals surface area contributed by atoms with Gasteiger partial charge in [-0.3, -0.25) is 14.3 Å². The van der Waals surface area contributed by atoms with Crippen LogP contribution in [0.15, 0.2) is 5.16 Å². The Labute approximate surface area is 129 Å². The molecule has 1 aliphatic rings. The van der Waals surface area contributed by atoms with Gasteiger partial charge in [-0.1, -0.05) is 18.7 Å². The Hall–Kier alpha value is -1.28. The van der Waals surface area contributed by atoms with E-state index >= 15 is 0 Å². The van der Waals surface area contributed by atoms with Gasteiger partial charge in [0, 0.05) is 32.7 Å². The number of aromatic nitrogens is 3. The summed E-state index contributed by atoms with van der Waals surface area (Å²) in [6, 6.07) is 0. The lowest BCUT2D eigenvalue weighted by molar-refractivity contribution is -0.133. The van der Waals surface area contributed by atoms with Gasteiger partial charge >= 0.3 is 5.97 Å². The first kappa shape index (κ1) is 16.1. The molecule has 1 N–H and O–H groups in total. The van der Waals surface area contributed by atoms with Crippen molar-refractivity contribution >= 4 is 23.7 Å². The number of piperazine rings is 1. The van der Waals surface area contributed by atoms with E-state index in [1.54, 1.807) is 0 Å². The van der Waals surface area contributed by atoms with Crippen molar-refractivity contribution in [2.45, 2.75) is 32.0 Å². The molecule has 7 nitrogen and oxygen atoms in total. The highest BCUT2D eigenvalue weighted by atomic mass is 32.2. The SMILES string of the molecule is CCCN1CCN(c2nnc(SCC(=O)O)n2CC)CC1. The molecule has 2 heterocycles. The summed E-state index contributed by atoms with van der Waals surface area (Å²) in [5.74, 6) is 0.0458. The first-order valence-electron chi connectivity index (χ1n) is 7.40. The molecular weight excluding hydrogens is 290 g/mol. The molecule has 1 aromatic heterocycles. The number of carboxylic acids is 1. The van der Waals surface area contributed by atoms with Crippen molar-refractivity contribution in [2.75, 3.05) is 43.4 Å². The lowest BCUT2D eigenvalue weighted by atomic mass is 10.3. The molecule has 0 radical (unpaired) electrons. The molecule has 118 valence electrons. The summed E-state index contributed by atoms with van der Waals surface area (Å²) in [6.45, 7) is 10.1. The Morgan fingerprint density at radius 2 is 1.95 bits per heavy atom. The van der Waals surface area contributed by atoms with Crippen LogP contribution in [0, 0.1) is 0 Å². The summed E-state index contributed by atoms with van der Waals surface area (Å²) in [7, 11) is 0. The van der Waals surface area contributed by atoms with Gasteiger partial charge in [-0.05, 0) is 19.9 Å². The third-order valence-electron chi connectivity index (χ3n) is 3.53. The van der Waals surface area contributed by atoms with Crippen LogP contribution in [-0.2, 0) is 11.3 Å². The van der Waals surface area contributed by atoms with Crippen LogP contribution in [0.1, 0.15) is 20.3 Å². The largest absolute Gasteiger partial charge is 0.481 e. The number of nitrogens with zero attached hydrogens (tertiary/aromatic N) is 5. The van der Waals surface area contributed by atoms with Gasteiger partial charge in [-0.25, -0.2) is 0 Å². The van der Waals surface area contributed by atoms with Crippen LogP contribution in [0.5, 0.6) is 0 Å². The number of carboxylic acid groups (broad SMARTS) is 1. The van der Waals surface area contributed by atoms with Crippen molar-refractivity contribution in [3.05, 3.63) is 0 Å². The predicted molar refractivity (Wildman–Crippen MR) is 83.0 cm³/mol. The quantitative estimate of drug-likeness (QED) is 0.753. The second-order valence-electron chi connectivity index (χ2n) is 5.04. The number of hydrogen-bond acceptors (Lipinski definition) is 6. The molecule has 1 aromatic rings. The lowest BCUT2D eigenvalue weighted by Crippen LogP contribution is -2.47. The number of anilines is 1. The van der Waals surface area contributed by atoms with E-state index in [1.165, 1.54) is 18.2 Å². The third-order valence-corrected chi connectivity index (χ3v) is 4.48. The molecule has 21 heavy (non-hydrogen) atoms. The fourth-order valence-corrected chi connectivity index (χ4v) is 3.23. The van der Waals surface area contributed by atoms with E-state index in [1.807, 2.05) is 11.5 Å². The number of thioether (sulfide) groups is 1. The van der Waals surface area contributed by atoms with Gasteiger partial charge in [-0.2, -0.15) is 0 Å². The maximum Gasteiger partial charge on any atom is 0.313 e. The Morgan fingerprint density at radius 3 is 2.52 bits per heavy atom. The van der Waals surface area contributed by atoms with Crippen molar-refractivity contribution in [2.24, 2.45) is 0 Å². The number of aliphatic carboxylic acids is 1. The van der Waals surface area contributed by atoms with E-state index in [0.29, 0.717) is 5.16 Å². The average Bonchev–Trinajstić information content (AvgIpc) is 2.89. The third kappa shape index (κ3) is 4.10. The molecule has 1 saturated heterocycles. The van der Waals surface area contributed by atoms with Crippen molar-refractivity contribution in [3.8, 4) is 0 Å². The standard InChI is InChI=1S/C13H23N5O2S/c1-3-5-16-6-8-17(9-7-16)12-14-15-13(18(12)4-2)21-10-11(19)20/h3-10H2,1-2H3,(H,19,20). The second-order valence-corrected chi connectivity index (χ2v) is 5.98. The second kappa shape index (κ2) is 7.65. The van der Waals surface area contributed by atoms with Crippen molar-refractivity contribution in [1.82, 2.24) is 19.7 Å². The fraction of sp³-hybridized carbons (Fsp3) is 0.769. The van der Waals surface area contributed by atoms with Crippen molar-refractivity contribution in [3.63, 3.8) is 0 Å². The smallest absolute Gasteiger partial charge is 0.313 e. The van der Waals surface area contributed by atoms with Crippen LogP contribution in [0.2, 0.25) is 0 Å². The molecular formula is C13H23N5O2S. The summed E-state index contributed by atoms with van der Waals surface area (Å²) >= 11 is 1.23. The van der Waals surface area contributed by atoms with Crippen LogP contribution in [0.3, 0.4) is 0 Å². The number of hydrogen-bond donors (Lipinski definition) is 1. The molecule has 0 unspecified atom stereocenters. The monoisotopic (exact) mass is 313 g/mol. The van der Waals surface area contributed by atoms with E-state index < -0.39 is 5.97 Å². The van der Waals surface area contributed by atoms with E-state index in [2.05, 4.69) is 26.9 Å². The molecule has 0 saturated carbocycles. The first-order chi connectivity index (χ1) is 10.2. The summed E-state index contributed by atoms with van der Waals surface area (Å²) in [5, 5.41) is 17.9. The molecule has 1 fully saturated rings. The molecule has 0 bridgehead atoms. The average molecular weight is 313 g/mol. The van der Waals surface area contributed by atoms with Crippen LogP contribution in [0.4, 0.5) is 5.95 Å². The summed E-state index contributed by atoms with van der Waals surface area (Å²) in [6.07, 6.45) is 1.18. The molecule has 0 aromatic carbocycles. The molecule has 0 spiro atoms. The topological polar surface area (TPSA) is 74.5 Å². The van der Waals surface area contributed by atoms with E-state index in [-0.39, 0.29) is 5.75 Å². The van der Waals surface area contributed by atoms with Gasteiger partial charge in [0.1, 0.15) is 0 Å². The highest BCUT2D eigenvalue weighted by molar-refractivity contribution is 7.99. The van der Waals surface area contributed by atoms with E-state index in [4.69, 9.17) is 5.11 Å². The Morgan fingerprint density at radius 1 is 1.24 bits per heavy atom. The van der Waals surface area contributed by atoms with Gasteiger partial charge in [0.2, 0.25) is 5.95 Å². The zero-order valence-corrected chi connectivity index (χ0v) is 13.5.